The fraction of sp³-hybridized carbons (Fsp3) is 0.231. The molecule has 0 aromatic heterocycles. The first-order valence-electron chi connectivity index (χ1n) is 10.5. The van der Waals surface area contributed by atoms with Crippen LogP contribution in [0.4, 0.5) is 0 Å². The summed E-state index contributed by atoms with van der Waals surface area (Å²) in [6.07, 6.45) is 2.07. The molecule has 0 spiro atoms. The Morgan fingerprint density at radius 2 is 1.39 bits per heavy atom. The first-order valence-corrected chi connectivity index (χ1v) is 14.5. The summed E-state index contributed by atoms with van der Waals surface area (Å²) in [5.74, 6) is 0. The normalized spacial score (nSPS) is 14.0. The van der Waals surface area contributed by atoms with Crippen molar-refractivity contribution < 1.29 is 12.6 Å². The molecular weight excluding hydrogens is 420 g/mol. The van der Waals surface area contributed by atoms with Gasteiger partial charge in [-0.05, 0) is 37.9 Å². The molecule has 0 saturated heterocycles. The lowest BCUT2D eigenvalue weighted by molar-refractivity contribution is 0.219. The number of allylic oxidation sites excluding steroid dienone is 1. The first kappa shape index (κ1) is 23.2. The second-order valence-corrected chi connectivity index (χ2v) is 14.1. The molecule has 0 aliphatic heterocycles. The number of aryl methyl sites for hydroxylation is 1. The zero-order valence-corrected chi connectivity index (χ0v) is 20.2. The second-order valence-electron chi connectivity index (χ2n) is 8.19. The predicted octanol–water partition coefficient (Wildman–Crippen LogP) is 4.93. The Morgan fingerprint density at radius 1 is 0.903 bits per heavy atom. The minimum absolute atomic E-state index is 0.0977. The van der Waals surface area contributed by atoms with E-state index in [1.807, 2.05) is 32.1 Å². The summed E-state index contributed by atoms with van der Waals surface area (Å²) >= 11 is 0. The molecule has 0 heterocycles. The van der Waals surface area contributed by atoms with Gasteiger partial charge in [0.05, 0.1) is 11.0 Å². The van der Waals surface area contributed by atoms with Crippen LogP contribution in [0.5, 0.6) is 0 Å². The van der Waals surface area contributed by atoms with Gasteiger partial charge in [0.1, 0.15) is 8.07 Å². The Bertz CT molecular complexity index is 1050. The van der Waals surface area contributed by atoms with Crippen molar-refractivity contribution in [2.45, 2.75) is 43.4 Å². The standard InChI is InChI=1S/C26H30O3SSi/c1-5-24(20-22(3)29-30(27,28)23-18-16-21(2)17-19-23)31(4,25-12-8-6-9-13-25)26-14-10-7-11-15-26/h5-19,22,24H,1,20H2,2-4H3. The van der Waals surface area contributed by atoms with Gasteiger partial charge in [-0.2, -0.15) is 8.42 Å². The van der Waals surface area contributed by atoms with E-state index in [0.717, 1.165) is 5.56 Å². The quantitative estimate of drug-likeness (QED) is 0.264. The van der Waals surface area contributed by atoms with Gasteiger partial charge in [-0.15, -0.1) is 6.58 Å². The van der Waals surface area contributed by atoms with Crippen molar-refractivity contribution in [3.8, 4) is 0 Å². The minimum atomic E-state index is -3.82. The van der Waals surface area contributed by atoms with E-state index in [2.05, 4.69) is 61.7 Å². The van der Waals surface area contributed by atoms with E-state index < -0.39 is 24.3 Å². The van der Waals surface area contributed by atoms with Crippen molar-refractivity contribution in [2.24, 2.45) is 0 Å². The van der Waals surface area contributed by atoms with E-state index in [0.29, 0.717) is 6.42 Å². The van der Waals surface area contributed by atoms with Gasteiger partial charge in [-0.25, -0.2) is 0 Å². The van der Waals surface area contributed by atoms with Crippen LogP contribution in [0, 0.1) is 6.92 Å². The largest absolute Gasteiger partial charge is 0.297 e. The minimum Gasteiger partial charge on any atom is -0.263 e. The molecule has 2 atom stereocenters. The van der Waals surface area contributed by atoms with Crippen LogP contribution in [0.3, 0.4) is 0 Å². The summed E-state index contributed by atoms with van der Waals surface area (Å²) in [6, 6.07) is 27.7. The van der Waals surface area contributed by atoms with Crippen LogP contribution in [0.1, 0.15) is 18.9 Å². The highest BCUT2D eigenvalue weighted by Gasteiger charge is 2.39. The van der Waals surface area contributed by atoms with Crippen LogP contribution < -0.4 is 10.4 Å². The molecule has 0 saturated carbocycles. The van der Waals surface area contributed by atoms with Gasteiger partial charge < -0.3 is 0 Å². The predicted molar refractivity (Wildman–Crippen MR) is 131 cm³/mol. The summed E-state index contributed by atoms with van der Waals surface area (Å²) in [7, 11) is -6.07. The Balaban J connectivity index is 1.89. The van der Waals surface area contributed by atoms with Gasteiger partial charge >= 0.3 is 0 Å². The highest BCUT2D eigenvalue weighted by atomic mass is 32.2. The maximum atomic E-state index is 12.8. The van der Waals surface area contributed by atoms with Gasteiger partial charge in [0, 0.05) is 0 Å². The van der Waals surface area contributed by atoms with Crippen LogP contribution >= 0.6 is 0 Å². The Kier molecular flexibility index (Phi) is 7.31. The van der Waals surface area contributed by atoms with Gasteiger partial charge in [0.15, 0.2) is 0 Å². The monoisotopic (exact) mass is 450 g/mol. The molecule has 5 heteroatoms. The van der Waals surface area contributed by atoms with Crippen LogP contribution in [-0.2, 0) is 14.3 Å². The third-order valence-corrected chi connectivity index (χ3v) is 12.4. The average molecular weight is 451 g/mol. The van der Waals surface area contributed by atoms with Crippen molar-refractivity contribution in [3.05, 3.63) is 103 Å². The van der Waals surface area contributed by atoms with Crippen LogP contribution in [-0.4, -0.2) is 22.6 Å². The van der Waals surface area contributed by atoms with Gasteiger partial charge in [0.2, 0.25) is 0 Å². The molecule has 0 amide bonds. The Hall–Kier alpha value is -2.47. The molecule has 0 fully saturated rings. The first-order chi connectivity index (χ1) is 14.8. The van der Waals surface area contributed by atoms with Gasteiger partial charge in [-0.1, -0.05) is 101 Å². The topological polar surface area (TPSA) is 43.4 Å². The molecule has 0 N–H and O–H groups in total. The van der Waals surface area contributed by atoms with E-state index in [4.69, 9.17) is 4.18 Å². The van der Waals surface area contributed by atoms with Crippen molar-refractivity contribution in [2.75, 3.05) is 0 Å². The molecule has 3 aromatic rings. The van der Waals surface area contributed by atoms with Crippen molar-refractivity contribution in [1.82, 2.24) is 0 Å². The molecule has 162 valence electrons. The average Bonchev–Trinajstić information content (AvgIpc) is 2.78. The fourth-order valence-electron chi connectivity index (χ4n) is 4.10. The second kappa shape index (κ2) is 9.77. The third kappa shape index (κ3) is 5.24. The number of rotatable bonds is 9. The van der Waals surface area contributed by atoms with Crippen molar-refractivity contribution in [3.63, 3.8) is 0 Å². The summed E-state index contributed by atoms with van der Waals surface area (Å²) in [4.78, 5) is 0.186. The highest BCUT2D eigenvalue weighted by Crippen LogP contribution is 2.30. The summed E-state index contributed by atoms with van der Waals surface area (Å²) in [6.45, 7) is 10.2. The molecule has 0 aliphatic carbocycles. The maximum absolute atomic E-state index is 12.8. The lowest BCUT2D eigenvalue weighted by Gasteiger charge is -2.36. The van der Waals surface area contributed by atoms with Crippen molar-refractivity contribution in [1.29, 1.82) is 0 Å². The molecule has 3 aromatic carbocycles. The molecule has 3 nitrogen and oxygen atoms in total. The number of benzene rings is 3. The van der Waals surface area contributed by atoms with Crippen LogP contribution in [0.2, 0.25) is 12.1 Å². The zero-order valence-electron chi connectivity index (χ0n) is 18.4. The molecule has 0 radical (unpaired) electrons. The molecular formula is C26H30O3SSi. The summed E-state index contributed by atoms with van der Waals surface area (Å²) in [5.41, 5.74) is 1.10. The van der Waals surface area contributed by atoms with E-state index in [-0.39, 0.29) is 10.4 Å². The van der Waals surface area contributed by atoms with Gasteiger partial charge in [-0.3, -0.25) is 4.18 Å². The smallest absolute Gasteiger partial charge is 0.263 e. The lowest BCUT2D eigenvalue weighted by Crippen LogP contribution is -2.59. The van der Waals surface area contributed by atoms with Crippen LogP contribution in [0.25, 0.3) is 0 Å². The van der Waals surface area contributed by atoms with Crippen molar-refractivity contribution >= 4 is 28.6 Å². The molecule has 2 unspecified atom stereocenters. The summed E-state index contributed by atoms with van der Waals surface area (Å²) in [5, 5.41) is 2.58. The number of hydrogen-bond acceptors (Lipinski definition) is 3. The van der Waals surface area contributed by atoms with E-state index >= 15 is 0 Å². The van der Waals surface area contributed by atoms with Gasteiger partial charge in [0.25, 0.3) is 10.1 Å². The highest BCUT2D eigenvalue weighted by molar-refractivity contribution is 7.86. The molecule has 0 bridgehead atoms. The Morgan fingerprint density at radius 3 is 1.84 bits per heavy atom. The number of hydrogen-bond donors (Lipinski definition) is 0. The SMILES string of the molecule is C=CC(CC(C)OS(=O)(=O)c1ccc(C)cc1)[Si](C)(c1ccccc1)c1ccccc1. The summed E-state index contributed by atoms with van der Waals surface area (Å²) < 4.78 is 31.2. The molecule has 31 heavy (non-hydrogen) atoms. The third-order valence-electron chi connectivity index (χ3n) is 5.96. The lowest BCUT2D eigenvalue weighted by atomic mass is 10.2. The molecule has 3 rings (SSSR count). The van der Waals surface area contributed by atoms with Crippen LogP contribution in [0.15, 0.2) is 102 Å². The Labute approximate surface area is 187 Å². The fourth-order valence-corrected chi connectivity index (χ4v) is 9.43. The molecule has 0 aliphatic rings. The van der Waals surface area contributed by atoms with E-state index in [9.17, 15) is 8.42 Å². The zero-order chi connectivity index (χ0) is 22.5. The maximum Gasteiger partial charge on any atom is 0.297 e. The van der Waals surface area contributed by atoms with E-state index in [1.54, 1.807) is 24.3 Å². The van der Waals surface area contributed by atoms with E-state index in [1.165, 1.54) is 10.4 Å².